The Morgan fingerprint density at radius 1 is 1.24 bits per heavy atom. The molecule has 0 spiro atoms. The number of carbonyl (C=O) groups excluding carboxylic acids is 2. The molecular weight excluding hydrogens is 382 g/mol. The van der Waals surface area contributed by atoms with E-state index in [1.165, 1.54) is 6.92 Å². The molecule has 1 heterocycles. The summed E-state index contributed by atoms with van der Waals surface area (Å²) in [6, 6.07) is 9.68. The Hall–Kier alpha value is -3.00. The van der Waals surface area contributed by atoms with Crippen LogP contribution in [0.3, 0.4) is 0 Å². The number of hydrogen-bond acceptors (Lipinski definition) is 4. The third kappa shape index (κ3) is 5.08. The van der Waals surface area contributed by atoms with Crippen LogP contribution >= 0.6 is 0 Å². The van der Waals surface area contributed by atoms with E-state index in [-0.39, 0.29) is 24.6 Å². The number of ether oxygens (including phenoxy) is 1. The van der Waals surface area contributed by atoms with Crippen molar-refractivity contribution in [2.24, 2.45) is 0 Å². The van der Waals surface area contributed by atoms with Crippen molar-refractivity contribution < 1.29 is 28.2 Å². The van der Waals surface area contributed by atoms with E-state index in [4.69, 9.17) is 4.74 Å². The zero-order chi connectivity index (χ0) is 21.0. The molecule has 0 radical (unpaired) electrons. The summed E-state index contributed by atoms with van der Waals surface area (Å²) in [5.74, 6) is -1.61. The highest BCUT2D eigenvalue weighted by molar-refractivity contribution is 5.95. The van der Waals surface area contributed by atoms with Crippen molar-refractivity contribution in [1.82, 2.24) is 5.32 Å². The molecule has 1 saturated heterocycles. The zero-order valence-corrected chi connectivity index (χ0v) is 16.0. The minimum atomic E-state index is -1.71. The van der Waals surface area contributed by atoms with Crippen LogP contribution in [0.1, 0.15) is 25.3 Å². The number of rotatable bonds is 7. The van der Waals surface area contributed by atoms with Crippen LogP contribution in [0.5, 0.6) is 5.75 Å². The summed E-state index contributed by atoms with van der Waals surface area (Å²) < 4.78 is 32.3. The molecule has 1 aliphatic heterocycles. The van der Waals surface area contributed by atoms with Crippen LogP contribution in [0, 0.1) is 11.6 Å². The van der Waals surface area contributed by atoms with E-state index in [9.17, 15) is 23.5 Å². The molecule has 2 N–H and O–H groups in total. The molecule has 0 aromatic heterocycles. The predicted octanol–water partition coefficient (Wildman–Crippen LogP) is 2.49. The fraction of sp³-hybridized carbons (Fsp3) is 0.333. The lowest BCUT2D eigenvalue weighted by Crippen LogP contribution is -2.41. The van der Waals surface area contributed by atoms with Gasteiger partial charge in [0.25, 0.3) is 5.91 Å². The van der Waals surface area contributed by atoms with Crippen molar-refractivity contribution >= 4 is 17.5 Å². The summed E-state index contributed by atoms with van der Waals surface area (Å²) in [6.45, 7) is 1.44. The minimum absolute atomic E-state index is 0.0858. The van der Waals surface area contributed by atoms with Crippen molar-refractivity contribution in [2.45, 2.75) is 25.4 Å². The molecule has 2 aromatic rings. The average molecular weight is 404 g/mol. The first-order valence-corrected chi connectivity index (χ1v) is 9.24. The quantitative estimate of drug-likeness (QED) is 0.743. The third-order valence-electron chi connectivity index (χ3n) is 4.73. The van der Waals surface area contributed by atoms with E-state index in [0.29, 0.717) is 24.8 Å². The summed E-state index contributed by atoms with van der Waals surface area (Å²) in [7, 11) is 0. The highest BCUT2D eigenvalue weighted by Gasteiger charge is 2.27. The highest BCUT2D eigenvalue weighted by Crippen LogP contribution is 2.25. The van der Waals surface area contributed by atoms with E-state index < -0.39 is 23.1 Å². The molecule has 0 saturated carbocycles. The number of hydrogen-bond donors (Lipinski definition) is 2. The van der Waals surface area contributed by atoms with Gasteiger partial charge in [0.1, 0.15) is 23.0 Å². The van der Waals surface area contributed by atoms with Gasteiger partial charge in [0.15, 0.2) is 6.61 Å². The van der Waals surface area contributed by atoms with E-state index >= 15 is 0 Å². The maximum absolute atomic E-state index is 13.8. The normalized spacial score (nSPS) is 15.9. The predicted molar refractivity (Wildman–Crippen MR) is 102 cm³/mol. The van der Waals surface area contributed by atoms with Crippen LogP contribution in [-0.4, -0.2) is 36.6 Å². The highest BCUT2D eigenvalue weighted by atomic mass is 19.1. The topological polar surface area (TPSA) is 78.9 Å². The van der Waals surface area contributed by atoms with Gasteiger partial charge in [0, 0.05) is 30.3 Å². The smallest absolute Gasteiger partial charge is 0.258 e. The van der Waals surface area contributed by atoms with Crippen LogP contribution in [0.15, 0.2) is 42.5 Å². The van der Waals surface area contributed by atoms with Gasteiger partial charge in [0.05, 0.1) is 6.54 Å². The van der Waals surface area contributed by atoms with Gasteiger partial charge in [-0.2, -0.15) is 0 Å². The Balaban J connectivity index is 1.50. The van der Waals surface area contributed by atoms with Gasteiger partial charge in [-0.05, 0) is 43.7 Å². The number of halogens is 2. The molecule has 6 nitrogen and oxygen atoms in total. The van der Waals surface area contributed by atoms with Crippen LogP contribution in [-0.2, 0) is 15.2 Å². The van der Waals surface area contributed by atoms with Crippen molar-refractivity contribution in [3.05, 3.63) is 59.7 Å². The van der Waals surface area contributed by atoms with E-state index in [1.807, 2.05) is 0 Å². The number of aliphatic hydroxyl groups is 1. The molecule has 0 bridgehead atoms. The Bertz CT molecular complexity index is 900. The minimum Gasteiger partial charge on any atom is -0.484 e. The molecule has 1 unspecified atom stereocenters. The Morgan fingerprint density at radius 3 is 2.59 bits per heavy atom. The largest absolute Gasteiger partial charge is 0.484 e. The fourth-order valence-electron chi connectivity index (χ4n) is 3.14. The number of amides is 2. The second-order valence-electron chi connectivity index (χ2n) is 7.11. The van der Waals surface area contributed by atoms with Crippen LogP contribution < -0.4 is 15.0 Å². The summed E-state index contributed by atoms with van der Waals surface area (Å²) in [4.78, 5) is 25.4. The lowest BCUT2D eigenvalue weighted by atomic mass is 9.95. The van der Waals surface area contributed by atoms with Gasteiger partial charge in [-0.25, -0.2) is 8.78 Å². The van der Waals surface area contributed by atoms with Gasteiger partial charge in [-0.1, -0.05) is 6.07 Å². The number of carbonyl (C=O) groups is 2. The summed E-state index contributed by atoms with van der Waals surface area (Å²) in [5.41, 5.74) is -1.05. The molecule has 154 valence electrons. The Labute approximate surface area is 167 Å². The molecule has 0 aliphatic carbocycles. The molecule has 1 fully saturated rings. The van der Waals surface area contributed by atoms with E-state index in [1.54, 1.807) is 29.2 Å². The maximum atomic E-state index is 13.8. The fourth-order valence-corrected chi connectivity index (χ4v) is 3.14. The zero-order valence-electron chi connectivity index (χ0n) is 16.0. The lowest BCUT2D eigenvalue weighted by molar-refractivity contribution is -0.124. The monoisotopic (exact) mass is 404 g/mol. The lowest BCUT2D eigenvalue weighted by Gasteiger charge is -2.24. The molecule has 2 aromatic carbocycles. The summed E-state index contributed by atoms with van der Waals surface area (Å²) in [5, 5.41) is 12.9. The van der Waals surface area contributed by atoms with E-state index in [0.717, 1.165) is 24.2 Å². The molecular formula is C21H22F2N2O4. The van der Waals surface area contributed by atoms with Crippen molar-refractivity contribution in [3.63, 3.8) is 0 Å². The van der Waals surface area contributed by atoms with Gasteiger partial charge in [0.2, 0.25) is 5.91 Å². The van der Waals surface area contributed by atoms with Gasteiger partial charge < -0.3 is 20.1 Å². The first kappa shape index (κ1) is 20.7. The summed E-state index contributed by atoms with van der Waals surface area (Å²) in [6.07, 6.45) is 1.38. The third-order valence-corrected chi connectivity index (χ3v) is 4.73. The van der Waals surface area contributed by atoms with Gasteiger partial charge in [-0.15, -0.1) is 0 Å². The molecule has 1 atom stereocenters. The number of nitrogens with one attached hydrogen (secondary N) is 1. The standard InChI is InChI=1S/C21H22F2N2O4/c1-21(28,17-9-4-14(22)11-18(17)23)13-24-19(26)12-29-16-7-5-15(6-8-16)25-10-2-3-20(25)27/h4-9,11,28H,2-3,10,12-13H2,1H3,(H,24,26). The van der Waals surface area contributed by atoms with Gasteiger partial charge >= 0.3 is 0 Å². The first-order chi connectivity index (χ1) is 13.8. The molecule has 3 rings (SSSR count). The van der Waals surface area contributed by atoms with Gasteiger partial charge in [-0.3, -0.25) is 9.59 Å². The average Bonchev–Trinajstić information content (AvgIpc) is 3.11. The number of benzene rings is 2. The van der Waals surface area contributed by atoms with Crippen LogP contribution in [0.2, 0.25) is 0 Å². The molecule has 29 heavy (non-hydrogen) atoms. The second-order valence-corrected chi connectivity index (χ2v) is 7.11. The maximum Gasteiger partial charge on any atom is 0.258 e. The van der Waals surface area contributed by atoms with Crippen LogP contribution in [0.4, 0.5) is 14.5 Å². The van der Waals surface area contributed by atoms with E-state index in [2.05, 4.69) is 5.32 Å². The SMILES string of the molecule is CC(O)(CNC(=O)COc1ccc(N2CCCC2=O)cc1)c1ccc(F)cc1F. The number of anilines is 1. The van der Waals surface area contributed by atoms with Crippen LogP contribution in [0.25, 0.3) is 0 Å². The number of nitrogens with zero attached hydrogens (tertiary/aromatic N) is 1. The van der Waals surface area contributed by atoms with Crippen molar-refractivity contribution in [3.8, 4) is 5.75 Å². The second kappa shape index (κ2) is 8.57. The van der Waals surface area contributed by atoms with Crippen molar-refractivity contribution in [1.29, 1.82) is 0 Å². The Morgan fingerprint density at radius 2 is 1.97 bits per heavy atom. The Kier molecular flexibility index (Phi) is 6.12. The molecule has 1 aliphatic rings. The van der Waals surface area contributed by atoms with Crippen molar-refractivity contribution in [2.75, 3.05) is 24.6 Å². The first-order valence-electron chi connectivity index (χ1n) is 9.24. The molecule has 2 amide bonds. The summed E-state index contributed by atoms with van der Waals surface area (Å²) >= 11 is 0. The molecule has 8 heteroatoms.